The third kappa shape index (κ3) is 5.34. The van der Waals surface area contributed by atoms with Crippen LogP contribution in [0.2, 0.25) is 5.02 Å². The summed E-state index contributed by atoms with van der Waals surface area (Å²) in [7, 11) is 5.45. The third-order valence-corrected chi connectivity index (χ3v) is 5.68. The first kappa shape index (κ1) is 21.3. The molecule has 0 aromatic heterocycles. The van der Waals surface area contributed by atoms with Crippen molar-refractivity contribution in [1.82, 2.24) is 4.90 Å². The maximum atomic E-state index is 6.18. The number of nitrogens with zero attached hydrogens (tertiary/aromatic N) is 2. The molecule has 1 saturated heterocycles. The Balaban J connectivity index is 1.69. The molecule has 6 nitrogen and oxygen atoms in total. The van der Waals surface area contributed by atoms with Crippen molar-refractivity contribution >= 4 is 23.2 Å². The van der Waals surface area contributed by atoms with Crippen LogP contribution in [-0.4, -0.2) is 45.2 Å². The summed E-state index contributed by atoms with van der Waals surface area (Å²) in [5.41, 5.74) is 8.20. The zero-order valence-electron chi connectivity index (χ0n) is 17.2. The van der Waals surface area contributed by atoms with Crippen LogP contribution in [0, 0.1) is 5.92 Å². The van der Waals surface area contributed by atoms with Crippen molar-refractivity contribution in [1.29, 1.82) is 0 Å². The van der Waals surface area contributed by atoms with Crippen LogP contribution in [0.25, 0.3) is 0 Å². The molecule has 1 aliphatic heterocycles. The van der Waals surface area contributed by atoms with E-state index in [-0.39, 0.29) is 0 Å². The predicted molar refractivity (Wildman–Crippen MR) is 119 cm³/mol. The van der Waals surface area contributed by atoms with Gasteiger partial charge in [-0.1, -0.05) is 23.7 Å². The number of ether oxygens (including phenoxy) is 2. The summed E-state index contributed by atoms with van der Waals surface area (Å²) in [6, 6.07) is 14.1. The molecule has 7 heteroatoms. The Bertz CT molecular complexity index is 841. The number of piperidine rings is 1. The number of likely N-dealkylation sites (tertiary alicyclic amines) is 1. The molecular formula is C22H29ClN4O2. The maximum absolute atomic E-state index is 6.18. The molecule has 0 spiro atoms. The highest BCUT2D eigenvalue weighted by atomic mass is 35.5. The van der Waals surface area contributed by atoms with Crippen LogP contribution in [-0.2, 0) is 0 Å². The molecule has 1 heterocycles. The number of nitrogens with two attached hydrogens (primary N) is 1. The molecule has 1 aliphatic rings. The zero-order valence-corrected chi connectivity index (χ0v) is 17.9. The lowest BCUT2D eigenvalue weighted by Crippen LogP contribution is -2.38. The van der Waals surface area contributed by atoms with E-state index in [1.54, 1.807) is 26.4 Å². The molecule has 2 aromatic carbocycles. The van der Waals surface area contributed by atoms with Gasteiger partial charge in [0.05, 0.1) is 19.2 Å². The predicted octanol–water partition coefficient (Wildman–Crippen LogP) is 4.17. The molecule has 156 valence electrons. The number of methoxy groups -OCH3 is 2. The Kier molecular flexibility index (Phi) is 7.23. The smallest absolute Gasteiger partial charge is 0.193 e. The molecule has 3 rings (SSSR count). The van der Waals surface area contributed by atoms with Gasteiger partial charge in [-0.3, -0.25) is 9.89 Å². The fourth-order valence-corrected chi connectivity index (χ4v) is 4.18. The summed E-state index contributed by atoms with van der Waals surface area (Å²) >= 11 is 6.18. The van der Waals surface area contributed by atoms with Crippen molar-refractivity contribution in [2.24, 2.45) is 16.6 Å². The summed E-state index contributed by atoms with van der Waals surface area (Å²) < 4.78 is 10.5. The third-order valence-electron chi connectivity index (χ3n) is 5.38. The number of hydrogen-bond donors (Lipinski definition) is 2. The number of guanidine groups is 1. The highest BCUT2D eigenvalue weighted by Crippen LogP contribution is 2.36. The molecule has 0 saturated carbocycles. The van der Waals surface area contributed by atoms with Gasteiger partial charge in [0.1, 0.15) is 11.5 Å². The quantitative estimate of drug-likeness (QED) is 0.546. The van der Waals surface area contributed by atoms with Crippen molar-refractivity contribution in [3.8, 4) is 11.5 Å². The first-order valence-electron chi connectivity index (χ1n) is 9.76. The van der Waals surface area contributed by atoms with Crippen LogP contribution in [0.15, 0.2) is 47.5 Å². The minimum absolute atomic E-state index is 0.307. The SMILES string of the molecule is COc1ccc(C2C(CN=C(N)Nc3ccc(OC)c(Cl)c3)CCCN2C)cc1. The van der Waals surface area contributed by atoms with Crippen LogP contribution in [0.4, 0.5) is 5.69 Å². The summed E-state index contributed by atoms with van der Waals surface area (Å²) in [5, 5.41) is 3.64. The normalized spacial score (nSPS) is 20.3. The van der Waals surface area contributed by atoms with Gasteiger partial charge >= 0.3 is 0 Å². The van der Waals surface area contributed by atoms with E-state index in [4.69, 9.17) is 26.8 Å². The number of hydrogen-bond acceptors (Lipinski definition) is 4. The van der Waals surface area contributed by atoms with Crippen molar-refractivity contribution in [2.75, 3.05) is 39.7 Å². The van der Waals surface area contributed by atoms with E-state index in [0.717, 1.165) is 30.8 Å². The summed E-state index contributed by atoms with van der Waals surface area (Å²) in [5.74, 6) is 2.27. The lowest BCUT2D eigenvalue weighted by molar-refractivity contribution is 0.125. The Morgan fingerprint density at radius 2 is 1.97 bits per heavy atom. The number of benzene rings is 2. The van der Waals surface area contributed by atoms with Gasteiger partial charge in [0.15, 0.2) is 5.96 Å². The van der Waals surface area contributed by atoms with E-state index in [1.165, 1.54) is 5.56 Å². The number of halogens is 1. The molecule has 29 heavy (non-hydrogen) atoms. The summed E-state index contributed by atoms with van der Waals surface area (Å²) in [6.07, 6.45) is 2.27. The number of aliphatic imine (C=N–C) groups is 1. The van der Waals surface area contributed by atoms with Crippen LogP contribution in [0.1, 0.15) is 24.4 Å². The minimum Gasteiger partial charge on any atom is -0.497 e. The van der Waals surface area contributed by atoms with Gasteiger partial charge in [-0.15, -0.1) is 0 Å². The monoisotopic (exact) mass is 416 g/mol. The molecule has 2 unspecified atom stereocenters. The summed E-state index contributed by atoms with van der Waals surface area (Å²) in [6.45, 7) is 1.73. The van der Waals surface area contributed by atoms with Gasteiger partial charge in [-0.05, 0) is 68.2 Å². The highest BCUT2D eigenvalue weighted by molar-refractivity contribution is 6.32. The first-order valence-corrected chi connectivity index (χ1v) is 10.1. The topological polar surface area (TPSA) is 72.1 Å². The highest BCUT2D eigenvalue weighted by Gasteiger charge is 2.30. The number of rotatable bonds is 6. The second kappa shape index (κ2) is 9.85. The lowest BCUT2D eigenvalue weighted by Gasteiger charge is -2.39. The van der Waals surface area contributed by atoms with E-state index < -0.39 is 0 Å². The average Bonchev–Trinajstić information content (AvgIpc) is 2.72. The summed E-state index contributed by atoms with van der Waals surface area (Å²) in [4.78, 5) is 7.02. The lowest BCUT2D eigenvalue weighted by atomic mass is 9.85. The van der Waals surface area contributed by atoms with E-state index in [0.29, 0.717) is 35.2 Å². The standard InChI is InChI=1S/C22H29ClN4O2/c1-27-12-4-5-16(21(27)15-6-9-18(28-2)10-7-15)14-25-22(24)26-17-8-11-20(29-3)19(23)13-17/h6-11,13,16,21H,4-5,12,14H2,1-3H3,(H3,24,25,26). The minimum atomic E-state index is 0.307. The Morgan fingerprint density at radius 1 is 1.21 bits per heavy atom. The van der Waals surface area contributed by atoms with Crippen LogP contribution < -0.4 is 20.5 Å². The average molecular weight is 417 g/mol. The maximum Gasteiger partial charge on any atom is 0.193 e. The van der Waals surface area contributed by atoms with Crippen LogP contribution in [0.3, 0.4) is 0 Å². The van der Waals surface area contributed by atoms with Gasteiger partial charge in [0.2, 0.25) is 0 Å². The molecule has 0 aliphatic carbocycles. The molecule has 0 radical (unpaired) electrons. The van der Waals surface area contributed by atoms with E-state index >= 15 is 0 Å². The van der Waals surface area contributed by atoms with Crippen LogP contribution in [0.5, 0.6) is 11.5 Å². The van der Waals surface area contributed by atoms with E-state index in [2.05, 4.69) is 34.4 Å². The Labute approximate surface area is 177 Å². The molecule has 0 bridgehead atoms. The van der Waals surface area contributed by atoms with Gasteiger partial charge < -0.3 is 20.5 Å². The van der Waals surface area contributed by atoms with Gasteiger partial charge in [0.25, 0.3) is 0 Å². The van der Waals surface area contributed by atoms with Crippen molar-refractivity contribution in [2.45, 2.75) is 18.9 Å². The fraction of sp³-hybridized carbons (Fsp3) is 0.409. The fourth-order valence-electron chi connectivity index (χ4n) is 3.93. The molecule has 3 N–H and O–H groups in total. The van der Waals surface area contributed by atoms with Crippen LogP contribution >= 0.6 is 11.6 Å². The van der Waals surface area contributed by atoms with Crippen molar-refractivity contribution in [3.63, 3.8) is 0 Å². The largest absolute Gasteiger partial charge is 0.497 e. The van der Waals surface area contributed by atoms with E-state index in [9.17, 15) is 0 Å². The second-order valence-corrected chi connectivity index (χ2v) is 7.71. The molecule has 1 fully saturated rings. The first-order chi connectivity index (χ1) is 14.0. The van der Waals surface area contributed by atoms with Crippen molar-refractivity contribution in [3.05, 3.63) is 53.1 Å². The Morgan fingerprint density at radius 3 is 2.62 bits per heavy atom. The molecule has 2 atom stereocenters. The van der Waals surface area contributed by atoms with E-state index in [1.807, 2.05) is 18.2 Å². The Hall–Kier alpha value is -2.44. The number of anilines is 1. The van der Waals surface area contributed by atoms with Gasteiger partial charge in [-0.2, -0.15) is 0 Å². The molecule has 2 aromatic rings. The zero-order chi connectivity index (χ0) is 20.8. The number of nitrogens with one attached hydrogen (secondary N) is 1. The molecular weight excluding hydrogens is 388 g/mol. The van der Waals surface area contributed by atoms with Gasteiger partial charge in [0, 0.05) is 18.3 Å². The van der Waals surface area contributed by atoms with Gasteiger partial charge in [-0.25, -0.2) is 0 Å². The second-order valence-electron chi connectivity index (χ2n) is 7.30. The molecule has 0 amide bonds. The van der Waals surface area contributed by atoms with Crippen molar-refractivity contribution < 1.29 is 9.47 Å².